The first-order chi connectivity index (χ1) is 12.9. The first-order valence-electron chi connectivity index (χ1n) is 8.43. The average molecular weight is 369 g/mol. The summed E-state index contributed by atoms with van der Waals surface area (Å²) in [5.74, 6) is -2.38. The van der Waals surface area contributed by atoms with Gasteiger partial charge in [-0.25, -0.2) is 0 Å². The molecule has 0 aliphatic heterocycles. The number of hydrogen-bond acceptors (Lipinski definition) is 6. The summed E-state index contributed by atoms with van der Waals surface area (Å²) in [6, 6.07) is 10.8. The predicted molar refractivity (Wildman–Crippen MR) is 99.1 cm³/mol. The molecular formula is C20H19NO6. The number of carbonyl (C=O) groups is 1. The van der Waals surface area contributed by atoms with Crippen LogP contribution in [0, 0.1) is 0 Å². The lowest BCUT2D eigenvalue weighted by Gasteiger charge is -2.19. The summed E-state index contributed by atoms with van der Waals surface area (Å²) in [6.45, 7) is 1.84. The molecule has 4 N–H and O–H groups in total. The zero-order valence-corrected chi connectivity index (χ0v) is 14.6. The highest BCUT2D eigenvalue weighted by molar-refractivity contribution is 5.86. The Morgan fingerprint density at radius 1 is 1.11 bits per heavy atom. The molecule has 3 rings (SSSR count). The summed E-state index contributed by atoms with van der Waals surface area (Å²) in [5, 5.41) is 30.6. The van der Waals surface area contributed by atoms with Crippen molar-refractivity contribution in [1.82, 2.24) is 4.98 Å². The molecule has 3 aromatic rings. The van der Waals surface area contributed by atoms with Crippen molar-refractivity contribution >= 4 is 16.9 Å². The number of rotatable bonds is 5. The minimum absolute atomic E-state index is 0.00755. The number of H-pyrrole nitrogens is 1. The van der Waals surface area contributed by atoms with E-state index in [0.29, 0.717) is 16.5 Å². The van der Waals surface area contributed by atoms with Gasteiger partial charge in [0.2, 0.25) is 0 Å². The number of fused-ring (bicyclic) bond motifs is 1. The highest BCUT2D eigenvalue weighted by Crippen LogP contribution is 2.38. The van der Waals surface area contributed by atoms with Crippen LogP contribution in [-0.4, -0.2) is 32.9 Å². The van der Waals surface area contributed by atoms with Gasteiger partial charge in [-0.05, 0) is 36.8 Å². The highest BCUT2D eigenvalue weighted by atomic mass is 16.5. The van der Waals surface area contributed by atoms with Crippen molar-refractivity contribution in [2.24, 2.45) is 0 Å². The summed E-state index contributed by atoms with van der Waals surface area (Å²) in [4.78, 5) is 27.5. The fraction of sp³-hybridized carbons (Fsp3) is 0.200. The molecule has 0 aliphatic carbocycles. The standard InChI is InChI=1S/C20H19NO6/c1-2-27-17(24)10-13(11-7-8-15(22)16(23)9-11)18-19(25)12-5-3-4-6-14(12)21-20(18)26/h3-9,13,22-23H,2,10H2,1H3,(H2,21,25,26)/t13-/m1/s1. The molecule has 0 saturated carbocycles. The van der Waals surface area contributed by atoms with Gasteiger partial charge in [0.15, 0.2) is 11.5 Å². The molecule has 7 heteroatoms. The number of benzene rings is 2. The van der Waals surface area contributed by atoms with Crippen molar-refractivity contribution in [3.63, 3.8) is 0 Å². The van der Waals surface area contributed by atoms with E-state index in [1.54, 1.807) is 31.2 Å². The van der Waals surface area contributed by atoms with Crippen molar-refractivity contribution in [3.05, 3.63) is 63.9 Å². The van der Waals surface area contributed by atoms with Crippen LogP contribution in [0.4, 0.5) is 0 Å². The Labute approximate surface area is 154 Å². The molecule has 27 heavy (non-hydrogen) atoms. The van der Waals surface area contributed by atoms with Gasteiger partial charge < -0.3 is 25.0 Å². The second-order valence-corrected chi connectivity index (χ2v) is 6.07. The smallest absolute Gasteiger partial charge is 0.306 e. The van der Waals surface area contributed by atoms with Gasteiger partial charge in [0, 0.05) is 11.3 Å². The molecule has 140 valence electrons. The van der Waals surface area contributed by atoms with Crippen LogP contribution in [0.15, 0.2) is 47.3 Å². The third kappa shape index (κ3) is 3.57. The summed E-state index contributed by atoms with van der Waals surface area (Å²) in [7, 11) is 0. The minimum Gasteiger partial charge on any atom is -0.507 e. The Hall–Kier alpha value is -3.48. The van der Waals surface area contributed by atoms with Gasteiger partial charge in [-0.3, -0.25) is 9.59 Å². The molecule has 0 spiro atoms. The van der Waals surface area contributed by atoms with Crippen molar-refractivity contribution < 1.29 is 24.9 Å². The summed E-state index contributed by atoms with van der Waals surface area (Å²) < 4.78 is 4.99. The van der Waals surface area contributed by atoms with Crippen LogP contribution in [0.1, 0.15) is 30.4 Å². The summed E-state index contributed by atoms with van der Waals surface area (Å²) in [5.41, 5.74) is 0.293. The van der Waals surface area contributed by atoms with E-state index in [1.807, 2.05) is 0 Å². The molecule has 2 aromatic carbocycles. The normalized spacial score (nSPS) is 12.0. The van der Waals surface area contributed by atoms with Crippen molar-refractivity contribution in [2.45, 2.75) is 19.3 Å². The third-order valence-electron chi connectivity index (χ3n) is 4.36. The molecule has 7 nitrogen and oxygen atoms in total. The van der Waals surface area contributed by atoms with Crippen molar-refractivity contribution in [2.75, 3.05) is 6.61 Å². The van der Waals surface area contributed by atoms with Crippen LogP contribution in [-0.2, 0) is 9.53 Å². The van der Waals surface area contributed by atoms with E-state index in [4.69, 9.17) is 4.74 Å². The number of phenols is 2. The molecule has 0 radical (unpaired) electrons. The number of aromatic nitrogens is 1. The van der Waals surface area contributed by atoms with Gasteiger partial charge in [0.05, 0.1) is 24.1 Å². The molecule has 0 amide bonds. The number of ether oxygens (including phenoxy) is 1. The average Bonchev–Trinajstić information content (AvgIpc) is 2.63. The van der Waals surface area contributed by atoms with Crippen LogP contribution in [0.3, 0.4) is 0 Å². The van der Waals surface area contributed by atoms with Crippen LogP contribution in [0.2, 0.25) is 0 Å². The van der Waals surface area contributed by atoms with E-state index in [2.05, 4.69) is 4.98 Å². The Balaban J connectivity index is 2.21. The van der Waals surface area contributed by atoms with E-state index < -0.39 is 23.2 Å². The van der Waals surface area contributed by atoms with Gasteiger partial charge in [0.25, 0.3) is 5.56 Å². The molecule has 1 aromatic heterocycles. The molecule has 0 fully saturated rings. The van der Waals surface area contributed by atoms with Crippen LogP contribution in [0.5, 0.6) is 17.2 Å². The lowest BCUT2D eigenvalue weighted by Crippen LogP contribution is -2.20. The minimum atomic E-state index is -0.871. The fourth-order valence-electron chi connectivity index (χ4n) is 3.09. The van der Waals surface area contributed by atoms with E-state index in [1.165, 1.54) is 18.2 Å². The SMILES string of the molecule is CCOC(=O)C[C@H](c1ccc(O)c(O)c1)c1c(O)c2ccccc2[nH]c1=O. The van der Waals surface area contributed by atoms with E-state index >= 15 is 0 Å². The first kappa shape index (κ1) is 18.3. The third-order valence-corrected chi connectivity index (χ3v) is 4.36. The van der Waals surface area contributed by atoms with Gasteiger partial charge >= 0.3 is 5.97 Å². The number of para-hydroxylation sites is 1. The summed E-state index contributed by atoms with van der Waals surface area (Å²) in [6.07, 6.45) is -0.215. The van der Waals surface area contributed by atoms with Crippen molar-refractivity contribution in [1.29, 1.82) is 0 Å². The number of phenolic OH excluding ortho intramolecular Hbond substituents is 2. The van der Waals surface area contributed by atoms with E-state index in [0.717, 1.165) is 0 Å². The first-order valence-corrected chi connectivity index (χ1v) is 8.43. The van der Waals surface area contributed by atoms with E-state index in [-0.39, 0.29) is 30.1 Å². The molecule has 0 saturated heterocycles. The van der Waals surface area contributed by atoms with Gasteiger partial charge in [0.1, 0.15) is 5.75 Å². The lowest BCUT2D eigenvalue weighted by atomic mass is 9.87. The predicted octanol–water partition coefficient (Wildman–Crippen LogP) is 2.73. The second kappa shape index (κ2) is 7.41. The van der Waals surface area contributed by atoms with Gasteiger partial charge in [-0.1, -0.05) is 18.2 Å². The van der Waals surface area contributed by atoms with Crippen LogP contribution < -0.4 is 5.56 Å². The van der Waals surface area contributed by atoms with Gasteiger partial charge in [-0.2, -0.15) is 0 Å². The molecule has 1 atom stereocenters. The number of esters is 1. The van der Waals surface area contributed by atoms with Crippen LogP contribution >= 0.6 is 0 Å². The maximum atomic E-state index is 12.7. The Morgan fingerprint density at radius 2 is 1.85 bits per heavy atom. The molecular weight excluding hydrogens is 350 g/mol. The number of carbonyl (C=O) groups excluding carboxylic acids is 1. The lowest BCUT2D eigenvalue weighted by molar-refractivity contribution is -0.143. The zero-order chi connectivity index (χ0) is 19.6. The Bertz CT molecular complexity index is 1060. The topological polar surface area (TPSA) is 120 Å². The maximum Gasteiger partial charge on any atom is 0.306 e. The van der Waals surface area contributed by atoms with Crippen molar-refractivity contribution in [3.8, 4) is 17.2 Å². The summed E-state index contributed by atoms with van der Waals surface area (Å²) >= 11 is 0. The van der Waals surface area contributed by atoms with Crippen LogP contribution in [0.25, 0.3) is 10.9 Å². The number of aromatic amines is 1. The molecule has 0 unspecified atom stereocenters. The fourth-order valence-corrected chi connectivity index (χ4v) is 3.09. The number of nitrogens with one attached hydrogen (secondary N) is 1. The zero-order valence-electron chi connectivity index (χ0n) is 14.6. The number of aromatic hydroxyl groups is 3. The molecule has 0 aliphatic rings. The molecule has 0 bridgehead atoms. The Kier molecular flexibility index (Phi) is 5.03. The van der Waals surface area contributed by atoms with E-state index in [9.17, 15) is 24.9 Å². The number of hydrogen-bond donors (Lipinski definition) is 4. The largest absolute Gasteiger partial charge is 0.507 e. The quantitative estimate of drug-likeness (QED) is 0.405. The Morgan fingerprint density at radius 3 is 2.56 bits per heavy atom. The monoisotopic (exact) mass is 369 g/mol. The number of pyridine rings is 1. The van der Waals surface area contributed by atoms with Gasteiger partial charge in [-0.15, -0.1) is 0 Å². The molecule has 1 heterocycles. The maximum absolute atomic E-state index is 12.7. The second-order valence-electron chi connectivity index (χ2n) is 6.07. The highest BCUT2D eigenvalue weighted by Gasteiger charge is 2.27.